The van der Waals surface area contributed by atoms with Gasteiger partial charge in [0.15, 0.2) is 5.49 Å². The van der Waals surface area contributed by atoms with Gasteiger partial charge in [0.2, 0.25) is 10.0 Å². The number of nitrogens with one attached hydrogen (secondary N) is 1. The molecule has 1 unspecified atom stereocenters. The number of nitrogens with zero attached hydrogens (tertiary/aromatic N) is 4. The van der Waals surface area contributed by atoms with Crippen LogP contribution in [0, 0.1) is 12.7 Å². The Morgan fingerprint density at radius 2 is 1.81 bits per heavy atom. The number of aryl methyl sites for hydroxylation is 2. The number of anilines is 1. The Kier molecular flexibility index (Phi) is 6.59. The molecule has 7 nitrogen and oxygen atoms in total. The zero-order valence-corrected chi connectivity index (χ0v) is 19.1. The predicted octanol–water partition coefficient (Wildman–Crippen LogP) is 4.17. The van der Waals surface area contributed by atoms with Gasteiger partial charge in [-0.3, -0.25) is 9.71 Å². The van der Waals surface area contributed by atoms with E-state index in [1.54, 1.807) is 39.3 Å². The summed E-state index contributed by atoms with van der Waals surface area (Å²) >= 11 is 0. The molecule has 0 aliphatic rings. The van der Waals surface area contributed by atoms with E-state index in [-0.39, 0.29) is 16.9 Å². The van der Waals surface area contributed by atoms with Crippen LogP contribution in [0.2, 0.25) is 0 Å². The van der Waals surface area contributed by atoms with Crippen molar-refractivity contribution in [3.05, 3.63) is 58.7 Å². The number of sulfonamides is 1. The van der Waals surface area contributed by atoms with Gasteiger partial charge < -0.3 is 4.57 Å². The summed E-state index contributed by atoms with van der Waals surface area (Å²) in [6.07, 6.45) is -1.45. The summed E-state index contributed by atoms with van der Waals surface area (Å²) in [5.41, 5.74) is 0.168. The fraction of sp³-hybridized carbons (Fsp3) is 0.381. The average Bonchev–Trinajstić information content (AvgIpc) is 2.71. The van der Waals surface area contributed by atoms with Crippen LogP contribution in [0.25, 0.3) is 10.9 Å². The zero-order chi connectivity index (χ0) is 23.8. The molecule has 172 valence electrons. The lowest BCUT2D eigenvalue weighted by Crippen LogP contribution is -2.23. The SMILES string of the molecule is Cc1n/c(=N\C(C)c2cccc(C(F)F)c2F)c2cc(NS(=O)(=O)C(C)C)ncc2n1C. The number of halogens is 3. The van der Waals surface area contributed by atoms with Crippen molar-refractivity contribution in [2.75, 3.05) is 4.72 Å². The molecule has 0 fully saturated rings. The van der Waals surface area contributed by atoms with Gasteiger partial charge in [0, 0.05) is 18.0 Å². The quantitative estimate of drug-likeness (QED) is 0.589. The van der Waals surface area contributed by atoms with Crippen molar-refractivity contribution in [2.24, 2.45) is 12.0 Å². The van der Waals surface area contributed by atoms with Gasteiger partial charge in [-0.1, -0.05) is 18.2 Å². The van der Waals surface area contributed by atoms with Crippen LogP contribution in [0.3, 0.4) is 0 Å². The molecule has 0 aliphatic heterocycles. The van der Waals surface area contributed by atoms with Crippen LogP contribution >= 0.6 is 0 Å². The second-order valence-electron chi connectivity index (χ2n) is 7.68. The molecular formula is C21H24F3N5O2S. The molecule has 1 atom stereocenters. The monoisotopic (exact) mass is 467 g/mol. The van der Waals surface area contributed by atoms with Gasteiger partial charge in [0.25, 0.3) is 6.43 Å². The molecule has 0 saturated carbocycles. The fourth-order valence-corrected chi connectivity index (χ4v) is 3.73. The van der Waals surface area contributed by atoms with Crippen LogP contribution in [0.15, 0.2) is 35.5 Å². The van der Waals surface area contributed by atoms with E-state index in [1.165, 1.54) is 24.4 Å². The lowest BCUT2D eigenvalue weighted by atomic mass is 10.0. The molecule has 0 aliphatic carbocycles. The van der Waals surface area contributed by atoms with Crippen molar-refractivity contribution in [3.8, 4) is 0 Å². The van der Waals surface area contributed by atoms with Gasteiger partial charge in [-0.25, -0.2) is 31.6 Å². The fourth-order valence-electron chi connectivity index (χ4n) is 3.09. The highest BCUT2D eigenvalue weighted by atomic mass is 32.2. The standard InChI is InChI=1S/C21H24F3N5O2S/c1-11(2)32(30,31)28-18-9-16-17(10-25-18)29(5)13(4)27-21(16)26-12(3)14-7-6-8-15(19(14)22)20(23)24/h6-12,20H,1-5H3,(H,25,28)/b26-21-. The molecule has 0 saturated heterocycles. The smallest absolute Gasteiger partial charge is 0.266 e. The van der Waals surface area contributed by atoms with E-state index in [0.717, 1.165) is 6.07 Å². The Bertz CT molecular complexity index is 1340. The maximum atomic E-state index is 14.6. The number of benzene rings is 1. The first-order chi connectivity index (χ1) is 14.9. The Balaban J connectivity index is 2.19. The van der Waals surface area contributed by atoms with Gasteiger partial charge >= 0.3 is 0 Å². The topological polar surface area (TPSA) is 89.2 Å². The maximum Gasteiger partial charge on any atom is 0.266 e. The molecule has 1 N–H and O–H groups in total. The normalized spacial score (nSPS) is 13.9. The third-order valence-electron chi connectivity index (χ3n) is 5.17. The number of hydrogen-bond donors (Lipinski definition) is 1. The Labute approximate surface area is 184 Å². The van der Waals surface area contributed by atoms with Crippen molar-refractivity contribution in [3.63, 3.8) is 0 Å². The molecule has 0 amide bonds. The molecule has 3 aromatic rings. The molecule has 2 heterocycles. The first-order valence-corrected chi connectivity index (χ1v) is 11.4. The van der Waals surface area contributed by atoms with E-state index in [0.29, 0.717) is 16.7 Å². The van der Waals surface area contributed by atoms with Gasteiger partial charge in [-0.2, -0.15) is 0 Å². The lowest BCUT2D eigenvalue weighted by Gasteiger charge is -2.14. The van der Waals surface area contributed by atoms with Crippen LogP contribution in [-0.2, 0) is 17.1 Å². The molecule has 32 heavy (non-hydrogen) atoms. The first kappa shape index (κ1) is 23.7. The van der Waals surface area contributed by atoms with Crippen LogP contribution in [0.1, 0.15) is 50.2 Å². The molecule has 0 spiro atoms. The average molecular weight is 468 g/mol. The molecule has 11 heteroatoms. The van der Waals surface area contributed by atoms with E-state index in [1.807, 2.05) is 0 Å². The van der Waals surface area contributed by atoms with E-state index in [2.05, 4.69) is 19.7 Å². The summed E-state index contributed by atoms with van der Waals surface area (Å²) in [4.78, 5) is 13.1. The van der Waals surface area contributed by atoms with Crippen LogP contribution in [0.5, 0.6) is 0 Å². The number of alkyl halides is 2. The van der Waals surface area contributed by atoms with Crippen LogP contribution in [-0.4, -0.2) is 28.2 Å². The second-order valence-corrected chi connectivity index (χ2v) is 9.92. The van der Waals surface area contributed by atoms with Crippen LogP contribution < -0.4 is 10.2 Å². The third-order valence-corrected chi connectivity index (χ3v) is 6.90. The molecule has 2 aromatic heterocycles. The van der Waals surface area contributed by atoms with Crippen molar-refractivity contribution in [1.29, 1.82) is 0 Å². The van der Waals surface area contributed by atoms with E-state index >= 15 is 0 Å². The summed E-state index contributed by atoms with van der Waals surface area (Å²) in [5, 5.41) is -0.187. The summed E-state index contributed by atoms with van der Waals surface area (Å²) < 4.78 is 69.4. The third kappa shape index (κ3) is 4.62. The van der Waals surface area contributed by atoms with Gasteiger partial charge in [-0.15, -0.1) is 0 Å². The summed E-state index contributed by atoms with van der Waals surface area (Å²) in [5.74, 6) is -0.331. The van der Waals surface area contributed by atoms with E-state index in [9.17, 15) is 21.6 Å². The number of aromatic nitrogens is 3. The predicted molar refractivity (Wildman–Crippen MR) is 116 cm³/mol. The highest BCUT2D eigenvalue weighted by molar-refractivity contribution is 7.93. The number of hydrogen-bond acceptors (Lipinski definition) is 5. The van der Waals surface area contributed by atoms with Crippen LogP contribution in [0.4, 0.5) is 19.0 Å². The number of rotatable bonds is 6. The maximum absolute atomic E-state index is 14.6. The Hall–Kier alpha value is -2.95. The molecular weight excluding hydrogens is 443 g/mol. The minimum absolute atomic E-state index is 0.0124. The van der Waals surface area contributed by atoms with Crippen molar-refractivity contribution in [2.45, 2.75) is 45.4 Å². The largest absolute Gasteiger partial charge is 0.331 e. The lowest BCUT2D eigenvalue weighted by molar-refractivity contribution is 0.146. The molecule has 0 bridgehead atoms. The van der Waals surface area contributed by atoms with Gasteiger partial charge in [0.1, 0.15) is 17.5 Å². The number of fused-ring (bicyclic) bond motifs is 1. The highest BCUT2D eigenvalue weighted by Crippen LogP contribution is 2.28. The minimum Gasteiger partial charge on any atom is -0.331 e. The first-order valence-electron chi connectivity index (χ1n) is 9.87. The zero-order valence-electron chi connectivity index (χ0n) is 18.3. The minimum atomic E-state index is -3.63. The molecule has 1 aromatic carbocycles. The van der Waals surface area contributed by atoms with E-state index < -0.39 is 39.1 Å². The summed E-state index contributed by atoms with van der Waals surface area (Å²) in [7, 11) is -1.86. The Morgan fingerprint density at radius 1 is 1.16 bits per heavy atom. The van der Waals surface area contributed by atoms with Gasteiger partial charge in [-0.05, 0) is 33.8 Å². The van der Waals surface area contributed by atoms with Gasteiger partial charge in [0.05, 0.1) is 28.6 Å². The highest BCUT2D eigenvalue weighted by Gasteiger charge is 2.20. The summed E-state index contributed by atoms with van der Waals surface area (Å²) in [6, 6.07) is 4.47. The van der Waals surface area contributed by atoms with E-state index in [4.69, 9.17) is 0 Å². The molecule has 3 rings (SSSR count). The number of pyridine rings is 1. The second kappa shape index (κ2) is 8.89. The van der Waals surface area contributed by atoms with Crippen molar-refractivity contribution in [1.82, 2.24) is 14.5 Å². The Morgan fingerprint density at radius 3 is 2.44 bits per heavy atom. The molecule has 0 radical (unpaired) electrons. The van der Waals surface area contributed by atoms with Crippen molar-refractivity contribution < 1.29 is 21.6 Å². The summed E-state index contributed by atoms with van der Waals surface area (Å²) in [6.45, 7) is 6.40. The van der Waals surface area contributed by atoms with Crippen molar-refractivity contribution >= 4 is 26.7 Å².